The number of benzene rings is 2. The van der Waals surface area contributed by atoms with E-state index in [0.29, 0.717) is 30.2 Å². The van der Waals surface area contributed by atoms with Crippen LogP contribution in [0.25, 0.3) is 0 Å². The predicted molar refractivity (Wildman–Crippen MR) is 118 cm³/mol. The molecule has 0 aliphatic carbocycles. The van der Waals surface area contributed by atoms with E-state index < -0.39 is 10.0 Å². The molecule has 0 radical (unpaired) electrons. The number of ether oxygens (including phenoxy) is 2. The lowest BCUT2D eigenvalue weighted by Gasteiger charge is -2.34. The number of fused-ring (bicyclic) bond motifs is 1. The summed E-state index contributed by atoms with van der Waals surface area (Å²) in [6, 6.07) is 11.6. The Kier molecular flexibility index (Phi) is 6.25. The fourth-order valence-electron chi connectivity index (χ4n) is 3.96. The molecule has 0 bridgehead atoms. The van der Waals surface area contributed by atoms with E-state index >= 15 is 0 Å². The van der Waals surface area contributed by atoms with Gasteiger partial charge in [-0.1, -0.05) is 11.6 Å². The molecule has 0 saturated carbocycles. The molecule has 1 saturated heterocycles. The van der Waals surface area contributed by atoms with Crippen molar-refractivity contribution in [3.63, 3.8) is 0 Å². The Morgan fingerprint density at radius 2 is 1.77 bits per heavy atom. The zero-order valence-corrected chi connectivity index (χ0v) is 18.9. The van der Waals surface area contributed by atoms with E-state index in [1.807, 2.05) is 19.9 Å². The molecule has 3 atom stereocenters. The summed E-state index contributed by atoms with van der Waals surface area (Å²) >= 11 is 6.04. The van der Waals surface area contributed by atoms with Crippen LogP contribution in [0.3, 0.4) is 0 Å². The van der Waals surface area contributed by atoms with Gasteiger partial charge in [0.1, 0.15) is 12.4 Å². The maximum absolute atomic E-state index is 13.0. The quantitative estimate of drug-likeness (QED) is 0.750. The Balaban J connectivity index is 1.42. The number of hydrogen-bond donors (Lipinski definition) is 1. The molecule has 1 fully saturated rings. The summed E-state index contributed by atoms with van der Waals surface area (Å²) in [5.74, 6) is 0.206. The van der Waals surface area contributed by atoms with Gasteiger partial charge in [-0.3, -0.25) is 4.79 Å². The van der Waals surface area contributed by atoms with Gasteiger partial charge in [0, 0.05) is 23.8 Å². The first-order valence-electron chi connectivity index (χ1n) is 10.2. The molecular weight excluding hydrogens is 440 g/mol. The van der Waals surface area contributed by atoms with Gasteiger partial charge in [0.2, 0.25) is 15.9 Å². The van der Waals surface area contributed by atoms with Gasteiger partial charge in [0.05, 0.1) is 23.0 Å². The van der Waals surface area contributed by atoms with E-state index in [-0.39, 0.29) is 35.5 Å². The summed E-state index contributed by atoms with van der Waals surface area (Å²) in [7, 11) is -3.62. The normalized spacial score (nSPS) is 24.2. The lowest BCUT2D eigenvalue weighted by Crippen LogP contribution is -2.48. The van der Waals surface area contributed by atoms with E-state index in [2.05, 4.69) is 5.32 Å². The van der Waals surface area contributed by atoms with E-state index in [1.54, 1.807) is 24.3 Å². The van der Waals surface area contributed by atoms with Gasteiger partial charge in [-0.2, -0.15) is 4.31 Å². The van der Waals surface area contributed by atoms with Crippen LogP contribution in [0.5, 0.6) is 5.75 Å². The van der Waals surface area contributed by atoms with Crippen LogP contribution in [0.15, 0.2) is 47.4 Å². The van der Waals surface area contributed by atoms with Gasteiger partial charge in [0.25, 0.3) is 0 Å². The Labute approximate surface area is 187 Å². The Hall–Kier alpha value is -2.13. The molecule has 2 aliphatic rings. The Bertz CT molecular complexity index is 1060. The highest BCUT2D eigenvalue weighted by Gasteiger charge is 2.32. The molecular formula is C22H25ClN2O5S. The molecule has 2 aromatic rings. The first kappa shape index (κ1) is 22.1. The molecule has 2 heterocycles. The highest BCUT2D eigenvalue weighted by atomic mass is 35.5. The minimum absolute atomic E-state index is 0.158. The highest BCUT2D eigenvalue weighted by molar-refractivity contribution is 7.89. The zero-order chi connectivity index (χ0) is 22.2. The maximum Gasteiger partial charge on any atom is 0.243 e. The molecule has 166 valence electrons. The SMILES string of the molecule is C[C@@H]1CN(S(=O)(=O)c2ccc(NC(=O)[C@@H]3COc4ccc(Cl)cc4C3)cc2)C[C@H](C)O1. The van der Waals surface area contributed by atoms with Crippen molar-refractivity contribution in [2.24, 2.45) is 5.92 Å². The van der Waals surface area contributed by atoms with Crippen molar-refractivity contribution in [2.75, 3.05) is 25.0 Å². The number of amides is 1. The van der Waals surface area contributed by atoms with Crippen LogP contribution in [-0.2, 0) is 26.0 Å². The smallest absolute Gasteiger partial charge is 0.243 e. The molecule has 0 aromatic heterocycles. The Morgan fingerprint density at radius 3 is 2.45 bits per heavy atom. The number of morpholine rings is 1. The fraction of sp³-hybridized carbons (Fsp3) is 0.409. The largest absolute Gasteiger partial charge is 0.492 e. The van der Waals surface area contributed by atoms with Crippen molar-refractivity contribution >= 4 is 33.2 Å². The first-order chi connectivity index (χ1) is 14.7. The summed E-state index contributed by atoms with van der Waals surface area (Å²) in [6.45, 7) is 4.63. The summed E-state index contributed by atoms with van der Waals surface area (Å²) in [5, 5.41) is 3.45. The molecule has 0 unspecified atom stereocenters. The summed E-state index contributed by atoms with van der Waals surface area (Å²) in [4.78, 5) is 12.9. The van der Waals surface area contributed by atoms with E-state index in [1.165, 1.54) is 16.4 Å². The van der Waals surface area contributed by atoms with Crippen molar-refractivity contribution < 1.29 is 22.7 Å². The summed E-state index contributed by atoms with van der Waals surface area (Å²) < 4.78 is 38.7. The molecule has 1 amide bonds. The molecule has 7 nitrogen and oxygen atoms in total. The molecule has 0 spiro atoms. The van der Waals surface area contributed by atoms with E-state index in [9.17, 15) is 13.2 Å². The van der Waals surface area contributed by atoms with Gasteiger partial charge >= 0.3 is 0 Å². The minimum atomic E-state index is -3.62. The van der Waals surface area contributed by atoms with Gasteiger partial charge in [-0.15, -0.1) is 0 Å². The van der Waals surface area contributed by atoms with E-state index in [4.69, 9.17) is 21.1 Å². The maximum atomic E-state index is 13.0. The number of rotatable bonds is 4. The lowest BCUT2D eigenvalue weighted by atomic mass is 9.96. The number of carbonyl (C=O) groups is 1. The zero-order valence-electron chi connectivity index (χ0n) is 17.4. The third-order valence-electron chi connectivity index (χ3n) is 5.45. The third kappa shape index (κ3) is 4.87. The average molecular weight is 465 g/mol. The van der Waals surface area contributed by atoms with Crippen LogP contribution in [0.1, 0.15) is 19.4 Å². The number of anilines is 1. The van der Waals surface area contributed by atoms with Crippen molar-refractivity contribution in [1.29, 1.82) is 0 Å². The highest BCUT2D eigenvalue weighted by Crippen LogP contribution is 2.30. The molecule has 4 rings (SSSR count). The van der Waals surface area contributed by atoms with Crippen LogP contribution in [-0.4, -0.2) is 50.5 Å². The third-order valence-corrected chi connectivity index (χ3v) is 7.53. The number of sulfonamides is 1. The molecule has 2 aliphatic heterocycles. The van der Waals surface area contributed by atoms with Gasteiger partial charge in [-0.05, 0) is 68.3 Å². The topological polar surface area (TPSA) is 84.9 Å². The molecule has 2 aromatic carbocycles. The van der Waals surface area contributed by atoms with Gasteiger partial charge in [-0.25, -0.2) is 8.42 Å². The number of nitrogens with one attached hydrogen (secondary N) is 1. The average Bonchev–Trinajstić information content (AvgIpc) is 2.73. The second kappa shape index (κ2) is 8.78. The lowest BCUT2D eigenvalue weighted by molar-refractivity contribution is -0.121. The standard InChI is InChI=1S/C22H25ClN2O5S/c1-14-11-25(12-15(2)30-14)31(27,28)20-6-4-19(5-7-20)24-22(26)17-9-16-10-18(23)3-8-21(16)29-13-17/h3-8,10,14-15,17H,9,11-13H2,1-2H3,(H,24,26)/t14-,15+,17-/m0/s1. The first-order valence-corrected chi connectivity index (χ1v) is 12.0. The van der Waals surface area contributed by atoms with Crippen molar-refractivity contribution in [1.82, 2.24) is 4.31 Å². The summed E-state index contributed by atoms with van der Waals surface area (Å²) in [6.07, 6.45) is 0.214. The van der Waals surface area contributed by atoms with Gasteiger partial charge in [0.15, 0.2) is 0 Å². The number of carbonyl (C=O) groups excluding carboxylic acids is 1. The van der Waals surface area contributed by atoms with Crippen LogP contribution in [0, 0.1) is 5.92 Å². The molecule has 9 heteroatoms. The second-order valence-electron chi connectivity index (χ2n) is 8.06. The van der Waals surface area contributed by atoms with Crippen molar-refractivity contribution in [2.45, 2.75) is 37.4 Å². The van der Waals surface area contributed by atoms with Crippen molar-refractivity contribution in [3.8, 4) is 5.75 Å². The number of hydrogen-bond acceptors (Lipinski definition) is 5. The van der Waals surface area contributed by atoms with Crippen LogP contribution >= 0.6 is 11.6 Å². The minimum Gasteiger partial charge on any atom is -0.492 e. The van der Waals surface area contributed by atoms with E-state index in [0.717, 1.165) is 11.3 Å². The number of halogens is 1. The monoisotopic (exact) mass is 464 g/mol. The second-order valence-corrected chi connectivity index (χ2v) is 10.4. The van der Waals surface area contributed by atoms with Crippen LogP contribution in [0.4, 0.5) is 5.69 Å². The summed E-state index contributed by atoms with van der Waals surface area (Å²) in [5.41, 5.74) is 1.43. The predicted octanol–water partition coefficient (Wildman–Crippen LogP) is 3.33. The van der Waals surface area contributed by atoms with Gasteiger partial charge < -0.3 is 14.8 Å². The van der Waals surface area contributed by atoms with Crippen LogP contribution < -0.4 is 10.1 Å². The van der Waals surface area contributed by atoms with Crippen LogP contribution in [0.2, 0.25) is 5.02 Å². The molecule has 31 heavy (non-hydrogen) atoms. The fourth-order valence-corrected chi connectivity index (χ4v) is 5.75. The Morgan fingerprint density at radius 1 is 1.10 bits per heavy atom. The number of nitrogens with zero attached hydrogens (tertiary/aromatic N) is 1. The van der Waals surface area contributed by atoms with Crippen molar-refractivity contribution in [3.05, 3.63) is 53.1 Å². The molecule has 1 N–H and O–H groups in total.